The summed E-state index contributed by atoms with van der Waals surface area (Å²) < 4.78 is 93.9. The molecule has 8 heteroatoms. The molecule has 0 atom stereocenters. The van der Waals surface area contributed by atoms with E-state index in [9.17, 15) is 30.7 Å². The van der Waals surface area contributed by atoms with Gasteiger partial charge < -0.3 is 4.74 Å². The second kappa shape index (κ2) is 12.2. The smallest absolute Gasteiger partial charge is 0.460 e. The Hall–Kier alpha value is -1.73. The van der Waals surface area contributed by atoms with Crippen LogP contribution in [0.4, 0.5) is 30.7 Å². The molecule has 0 amide bonds. The fourth-order valence-electron chi connectivity index (χ4n) is 5.64. The molecule has 0 heterocycles. The van der Waals surface area contributed by atoms with E-state index in [4.69, 9.17) is 0 Å². The fourth-order valence-corrected chi connectivity index (χ4v) is 5.64. The van der Waals surface area contributed by atoms with Crippen LogP contribution in [-0.4, -0.2) is 24.6 Å². The van der Waals surface area contributed by atoms with Crippen LogP contribution in [0.25, 0.3) is 6.08 Å². The zero-order valence-electron chi connectivity index (χ0n) is 20.8. The highest BCUT2D eigenvalue weighted by Gasteiger charge is 2.73. The molecule has 0 unspecified atom stereocenters. The van der Waals surface area contributed by atoms with Gasteiger partial charge in [0.15, 0.2) is 6.61 Å². The summed E-state index contributed by atoms with van der Waals surface area (Å²) >= 11 is 0. The third-order valence-corrected chi connectivity index (χ3v) is 8.02. The highest BCUT2D eigenvalue weighted by molar-refractivity contribution is 5.50. The topological polar surface area (TPSA) is 9.23 Å². The number of hydrogen-bond acceptors (Lipinski definition) is 1. The molecular formula is C28H37F7O. The zero-order chi connectivity index (χ0) is 26.4. The van der Waals surface area contributed by atoms with Crippen LogP contribution >= 0.6 is 0 Å². The van der Waals surface area contributed by atoms with E-state index in [2.05, 4.69) is 17.7 Å². The summed E-state index contributed by atoms with van der Waals surface area (Å²) in [6, 6.07) is 5.70. The monoisotopic (exact) mass is 522 g/mol. The van der Waals surface area contributed by atoms with E-state index in [0.29, 0.717) is 5.92 Å². The van der Waals surface area contributed by atoms with Gasteiger partial charge in [0.2, 0.25) is 0 Å². The molecule has 0 N–H and O–H groups in total. The van der Waals surface area contributed by atoms with Gasteiger partial charge in [0, 0.05) is 0 Å². The molecule has 3 rings (SSSR count). The predicted molar refractivity (Wildman–Crippen MR) is 127 cm³/mol. The normalized spacial score (nSPS) is 26.3. The van der Waals surface area contributed by atoms with Crippen LogP contribution in [0.2, 0.25) is 0 Å². The van der Waals surface area contributed by atoms with Crippen LogP contribution in [0, 0.1) is 23.7 Å². The number of ether oxygens (including phenoxy) is 1. The molecule has 0 radical (unpaired) electrons. The van der Waals surface area contributed by atoms with Crippen LogP contribution in [0.1, 0.15) is 83.1 Å². The van der Waals surface area contributed by atoms with E-state index in [1.807, 2.05) is 6.08 Å². The molecule has 1 nitrogen and oxygen atoms in total. The van der Waals surface area contributed by atoms with Crippen LogP contribution in [0.3, 0.4) is 0 Å². The van der Waals surface area contributed by atoms with Gasteiger partial charge in [-0.3, -0.25) is 0 Å². The summed E-state index contributed by atoms with van der Waals surface area (Å²) in [5.74, 6) is -8.66. The van der Waals surface area contributed by atoms with Crippen LogP contribution < -0.4 is 4.74 Å². The SMILES string of the molecule is CCCC[C@H]1CC[C@H]([C@H]2CC[C@H](C=Cc3ccc(OCC(F)(F)C(F)(F)C(F)(F)F)cc3)CC2)CC1. The van der Waals surface area contributed by atoms with E-state index in [1.165, 1.54) is 69.9 Å². The largest absolute Gasteiger partial charge is 0.487 e. The summed E-state index contributed by atoms with van der Waals surface area (Å²) in [7, 11) is 0. The number of hydrogen-bond donors (Lipinski definition) is 0. The number of benzene rings is 1. The predicted octanol–water partition coefficient (Wildman–Crippen LogP) is 9.71. The maximum absolute atomic E-state index is 13.4. The van der Waals surface area contributed by atoms with Crippen molar-refractivity contribution in [2.45, 2.75) is 95.6 Å². The molecule has 2 saturated carbocycles. The minimum Gasteiger partial charge on any atom is -0.487 e. The van der Waals surface area contributed by atoms with Gasteiger partial charge in [-0.25, -0.2) is 0 Å². The Bertz CT molecular complexity index is 815. The average molecular weight is 523 g/mol. The van der Waals surface area contributed by atoms with Gasteiger partial charge in [-0.15, -0.1) is 0 Å². The van der Waals surface area contributed by atoms with Gasteiger partial charge in [0.05, 0.1) is 0 Å². The van der Waals surface area contributed by atoms with Crippen LogP contribution in [-0.2, 0) is 0 Å². The molecule has 2 aliphatic rings. The first kappa shape index (κ1) is 28.8. The van der Waals surface area contributed by atoms with E-state index in [-0.39, 0.29) is 5.75 Å². The molecule has 204 valence electrons. The van der Waals surface area contributed by atoms with Gasteiger partial charge in [-0.2, -0.15) is 30.7 Å². The van der Waals surface area contributed by atoms with E-state index in [0.717, 1.165) is 36.2 Å². The van der Waals surface area contributed by atoms with Crippen molar-refractivity contribution in [2.75, 3.05) is 6.61 Å². The second-order valence-electron chi connectivity index (χ2n) is 10.6. The van der Waals surface area contributed by atoms with E-state index in [1.54, 1.807) is 12.1 Å². The number of alkyl halides is 7. The van der Waals surface area contributed by atoms with Crippen molar-refractivity contribution in [3.8, 4) is 5.75 Å². The first-order valence-electron chi connectivity index (χ1n) is 13.2. The zero-order valence-corrected chi connectivity index (χ0v) is 20.8. The molecule has 36 heavy (non-hydrogen) atoms. The summed E-state index contributed by atoms with van der Waals surface area (Å²) in [6.07, 6.45) is 12.0. The Labute approximate surface area is 209 Å². The lowest BCUT2D eigenvalue weighted by molar-refractivity contribution is -0.358. The maximum atomic E-state index is 13.4. The Kier molecular flexibility index (Phi) is 9.78. The van der Waals surface area contributed by atoms with Gasteiger partial charge in [0.25, 0.3) is 0 Å². The van der Waals surface area contributed by atoms with Crippen molar-refractivity contribution in [1.82, 2.24) is 0 Å². The molecular weight excluding hydrogens is 485 g/mol. The number of unbranched alkanes of at least 4 members (excludes halogenated alkanes) is 1. The molecule has 0 spiro atoms. The van der Waals surface area contributed by atoms with Crippen LogP contribution in [0.5, 0.6) is 5.75 Å². The highest BCUT2D eigenvalue weighted by atomic mass is 19.4. The second-order valence-corrected chi connectivity index (χ2v) is 10.6. The Morgan fingerprint density at radius 2 is 1.36 bits per heavy atom. The highest BCUT2D eigenvalue weighted by Crippen LogP contribution is 2.46. The van der Waals surface area contributed by atoms with Gasteiger partial charge in [-0.1, -0.05) is 63.3 Å². The first-order valence-corrected chi connectivity index (χ1v) is 13.2. The van der Waals surface area contributed by atoms with Crippen molar-refractivity contribution in [3.05, 3.63) is 35.9 Å². The quantitative estimate of drug-likeness (QED) is 0.278. The molecule has 0 aromatic heterocycles. The molecule has 0 bridgehead atoms. The summed E-state index contributed by atoms with van der Waals surface area (Å²) in [5.41, 5.74) is 0.780. The third-order valence-electron chi connectivity index (χ3n) is 8.02. The Morgan fingerprint density at radius 3 is 1.89 bits per heavy atom. The number of rotatable bonds is 10. The van der Waals surface area contributed by atoms with Gasteiger partial charge in [-0.05, 0) is 79.9 Å². The van der Waals surface area contributed by atoms with Crippen molar-refractivity contribution < 1.29 is 35.5 Å². The lowest BCUT2D eigenvalue weighted by Gasteiger charge is -2.37. The molecule has 0 aliphatic heterocycles. The van der Waals surface area contributed by atoms with Gasteiger partial charge >= 0.3 is 18.0 Å². The van der Waals surface area contributed by atoms with Crippen molar-refractivity contribution in [3.63, 3.8) is 0 Å². The third kappa shape index (κ3) is 7.41. The standard InChI is InChI=1S/C28H37F7O/c1-2-3-4-20-7-13-23(14-8-20)24-15-9-21(10-16-24)5-6-22-11-17-25(18-12-22)36-19-26(29,30)27(31,32)28(33,34)35/h5-6,11-12,17-18,20-21,23-24H,2-4,7-10,13-16,19H2,1H3/t20-,21-,23-,24-. The average Bonchev–Trinajstić information content (AvgIpc) is 2.85. The fraction of sp³-hybridized carbons (Fsp3) is 0.714. The molecule has 2 aliphatic carbocycles. The summed E-state index contributed by atoms with van der Waals surface area (Å²) in [6.45, 7) is 0.183. The molecule has 0 saturated heterocycles. The molecule has 1 aromatic rings. The Morgan fingerprint density at radius 1 is 0.806 bits per heavy atom. The summed E-state index contributed by atoms with van der Waals surface area (Å²) in [4.78, 5) is 0. The number of allylic oxidation sites excluding steroid dienone is 1. The van der Waals surface area contributed by atoms with E-state index >= 15 is 0 Å². The van der Waals surface area contributed by atoms with Crippen molar-refractivity contribution in [2.24, 2.45) is 23.7 Å². The Balaban J connectivity index is 1.42. The lowest BCUT2D eigenvalue weighted by atomic mass is 9.68. The summed E-state index contributed by atoms with van der Waals surface area (Å²) in [5, 5.41) is 0. The van der Waals surface area contributed by atoms with Crippen LogP contribution in [0.15, 0.2) is 30.3 Å². The minimum absolute atomic E-state index is 0.199. The minimum atomic E-state index is -6.36. The van der Waals surface area contributed by atoms with Gasteiger partial charge in [0.1, 0.15) is 5.75 Å². The van der Waals surface area contributed by atoms with Crippen molar-refractivity contribution in [1.29, 1.82) is 0 Å². The van der Waals surface area contributed by atoms with Crippen molar-refractivity contribution >= 4 is 6.08 Å². The first-order chi connectivity index (χ1) is 16.9. The maximum Gasteiger partial charge on any atom is 0.460 e. The lowest BCUT2D eigenvalue weighted by Crippen LogP contribution is -2.54. The molecule has 2 fully saturated rings. The van der Waals surface area contributed by atoms with E-state index < -0.39 is 24.6 Å². The molecule has 1 aromatic carbocycles. The number of halogens is 7.